The third-order valence-electron chi connectivity index (χ3n) is 0. The largest absolute Gasteiger partial charge is 0.668 e. The Morgan fingerprint density at radius 1 is 0.889 bits per heavy atom. The molecule has 0 rings (SSSR count). The standard InChI is InChI=1S/C3H9N.H4O4Si/c1-4(2)3;1-5(2,3)4/h1-3H3;1-4H. The molecule has 0 amide bonds. The first-order chi connectivity index (χ1) is 3.73. The van der Waals surface area contributed by atoms with Crippen molar-refractivity contribution in [3.63, 3.8) is 0 Å². The average Bonchev–Trinajstić information content (AvgIpc) is 1.19. The van der Waals surface area contributed by atoms with Crippen LogP contribution in [0.3, 0.4) is 0 Å². The quantitative estimate of drug-likeness (QED) is 0.292. The first-order valence-corrected chi connectivity index (χ1v) is 4.02. The molecule has 6 heteroatoms. The fourth-order valence-electron chi connectivity index (χ4n) is 0. The van der Waals surface area contributed by atoms with Crippen molar-refractivity contribution in [1.82, 2.24) is 4.90 Å². The zero-order valence-electron chi connectivity index (χ0n) is 5.74. The smallest absolute Gasteiger partial charge is 0.368 e. The van der Waals surface area contributed by atoms with Crippen LogP contribution in [-0.4, -0.2) is 54.3 Å². The summed E-state index contributed by atoms with van der Waals surface area (Å²) in [5, 5.41) is 0. The lowest BCUT2D eigenvalue weighted by Gasteiger charge is -1.91. The molecule has 0 aromatic heterocycles. The second-order valence-electron chi connectivity index (χ2n) is 1.94. The van der Waals surface area contributed by atoms with E-state index in [2.05, 4.69) is 0 Å². The Balaban J connectivity index is 0. The van der Waals surface area contributed by atoms with Gasteiger partial charge < -0.3 is 24.1 Å². The molecule has 0 saturated heterocycles. The van der Waals surface area contributed by atoms with E-state index in [9.17, 15) is 0 Å². The highest BCUT2D eigenvalue weighted by atomic mass is 28.4. The fraction of sp³-hybridized carbons (Fsp3) is 1.00. The fourth-order valence-corrected chi connectivity index (χ4v) is 0. The van der Waals surface area contributed by atoms with Gasteiger partial charge in [0.1, 0.15) is 0 Å². The molecule has 0 spiro atoms. The minimum atomic E-state index is -4.61. The molecule has 0 atom stereocenters. The summed E-state index contributed by atoms with van der Waals surface area (Å²) in [6.07, 6.45) is 0. The lowest BCUT2D eigenvalue weighted by atomic mass is 11.0. The molecular formula is C3H13NO4Si. The van der Waals surface area contributed by atoms with Crippen LogP contribution in [-0.2, 0) is 0 Å². The summed E-state index contributed by atoms with van der Waals surface area (Å²) in [5.74, 6) is 0. The third-order valence-corrected chi connectivity index (χ3v) is 0. The van der Waals surface area contributed by atoms with Crippen LogP contribution >= 0.6 is 0 Å². The number of rotatable bonds is 0. The van der Waals surface area contributed by atoms with Gasteiger partial charge in [-0.15, -0.1) is 0 Å². The van der Waals surface area contributed by atoms with Crippen molar-refractivity contribution >= 4 is 9.05 Å². The normalized spacial score (nSPS) is 10.7. The molecule has 0 radical (unpaired) electrons. The predicted molar refractivity (Wildman–Crippen MR) is 34.2 cm³/mol. The van der Waals surface area contributed by atoms with Crippen LogP contribution in [0, 0.1) is 0 Å². The highest BCUT2D eigenvalue weighted by Gasteiger charge is 2.22. The van der Waals surface area contributed by atoms with Gasteiger partial charge in [0.05, 0.1) is 0 Å². The molecule has 0 aromatic rings. The van der Waals surface area contributed by atoms with E-state index in [0.29, 0.717) is 0 Å². The molecule has 4 N–H and O–H groups in total. The molecule has 5 nitrogen and oxygen atoms in total. The van der Waals surface area contributed by atoms with Crippen molar-refractivity contribution in [2.24, 2.45) is 0 Å². The maximum absolute atomic E-state index is 7.33. The van der Waals surface area contributed by atoms with Gasteiger partial charge in [-0.05, 0) is 21.1 Å². The van der Waals surface area contributed by atoms with Gasteiger partial charge in [0, 0.05) is 0 Å². The summed E-state index contributed by atoms with van der Waals surface area (Å²) < 4.78 is 0. The number of hydrogen-bond acceptors (Lipinski definition) is 5. The van der Waals surface area contributed by atoms with Crippen LogP contribution in [0.25, 0.3) is 0 Å². The van der Waals surface area contributed by atoms with Crippen molar-refractivity contribution in [1.29, 1.82) is 0 Å². The zero-order valence-corrected chi connectivity index (χ0v) is 6.74. The molecule has 9 heavy (non-hydrogen) atoms. The van der Waals surface area contributed by atoms with Gasteiger partial charge in [-0.3, -0.25) is 0 Å². The molecule has 0 bridgehead atoms. The van der Waals surface area contributed by atoms with Gasteiger partial charge in [0.2, 0.25) is 0 Å². The van der Waals surface area contributed by atoms with Crippen LogP contribution in [0.4, 0.5) is 0 Å². The molecule has 0 fully saturated rings. The van der Waals surface area contributed by atoms with E-state index in [4.69, 9.17) is 19.2 Å². The summed E-state index contributed by atoms with van der Waals surface area (Å²) in [4.78, 5) is 31.3. The number of hydrogen-bond donors (Lipinski definition) is 4. The highest BCUT2D eigenvalue weighted by molar-refractivity contribution is 6.46. The second-order valence-corrected chi connectivity index (χ2v) is 3.14. The summed E-state index contributed by atoms with van der Waals surface area (Å²) in [6.45, 7) is 0. The van der Waals surface area contributed by atoms with E-state index in [0.717, 1.165) is 0 Å². The van der Waals surface area contributed by atoms with Gasteiger partial charge in [0.25, 0.3) is 0 Å². The average molecular weight is 155 g/mol. The molecule has 0 aliphatic rings. The van der Waals surface area contributed by atoms with Gasteiger partial charge in [-0.1, -0.05) is 0 Å². The van der Waals surface area contributed by atoms with Gasteiger partial charge in [-0.25, -0.2) is 0 Å². The van der Waals surface area contributed by atoms with E-state index in [1.807, 2.05) is 26.0 Å². The summed E-state index contributed by atoms with van der Waals surface area (Å²) in [7, 11) is 1.39. The van der Waals surface area contributed by atoms with Crippen molar-refractivity contribution < 1.29 is 19.2 Å². The minimum absolute atomic E-state index is 2.00. The lowest BCUT2D eigenvalue weighted by molar-refractivity contribution is 0.117. The summed E-state index contributed by atoms with van der Waals surface area (Å²) >= 11 is 0. The second kappa shape index (κ2) is 4.85. The van der Waals surface area contributed by atoms with E-state index < -0.39 is 9.05 Å². The predicted octanol–water partition coefficient (Wildman–Crippen LogP) is -2.43. The van der Waals surface area contributed by atoms with Gasteiger partial charge >= 0.3 is 9.05 Å². The summed E-state index contributed by atoms with van der Waals surface area (Å²) in [6, 6.07) is 0. The topological polar surface area (TPSA) is 84.2 Å². The maximum atomic E-state index is 7.33. The monoisotopic (exact) mass is 155 g/mol. The van der Waals surface area contributed by atoms with Crippen LogP contribution < -0.4 is 0 Å². The SMILES string of the molecule is CN(C)C.O[Si](O)(O)O. The van der Waals surface area contributed by atoms with Crippen molar-refractivity contribution in [3.8, 4) is 0 Å². The highest BCUT2D eigenvalue weighted by Crippen LogP contribution is 1.67. The Bertz CT molecular complexity index is 52.6. The molecule has 0 aromatic carbocycles. The third kappa shape index (κ3) is 1020000. The maximum Gasteiger partial charge on any atom is 0.668 e. The Kier molecular flexibility index (Phi) is 6.35. The van der Waals surface area contributed by atoms with Crippen LogP contribution in [0.5, 0.6) is 0 Å². The minimum Gasteiger partial charge on any atom is -0.368 e. The van der Waals surface area contributed by atoms with Gasteiger partial charge in [0.15, 0.2) is 0 Å². The van der Waals surface area contributed by atoms with E-state index in [-0.39, 0.29) is 0 Å². The van der Waals surface area contributed by atoms with Crippen LogP contribution in [0.2, 0.25) is 0 Å². The molecule has 58 valence electrons. The van der Waals surface area contributed by atoms with E-state index in [1.165, 1.54) is 0 Å². The van der Waals surface area contributed by atoms with E-state index >= 15 is 0 Å². The Morgan fingerprint density at radius 3 is 0.889 bits per heavy atom. The van der Waals surface area contributed by atoms with Gasteiger partial charge in [-0.2, -0.15) is 0 Å². The Morgan fingerprint density at radius 2 is 0.889 bits per heavy atom. The lowest BCUT2D eigenvalue weighted by Crippen LogP contribution is -2.33. The molecule has 0 aliphatic carbocycles. The molecule has 0 heterocycles. The van der Waals surface area contributed by atoms with Crippen LogP contribution in [0.1, 0.15) is 0 Å². The van der Waals surface area contributed by atoms with E-state index in [1.54, 1.807) is 0 Å². The number of nitrogens with zero attached hydrogens (tertiary/aromatic N) is 1. The zero-order chi connectivity index (χ0) is 8.08. The molecule has 0 unspecified atom stereocenters. The van der Waals surface area contributed by atoms with Crippen molar-refractivity contribution in [2.75, 3.05) is 21.1 Å². The van der Waals surface area contributed by atoms with Crippen molar-refractivity contribution in [3.05, 3.63) is 0 Å². The Labute approximate surface area is 55.3 Å². The molecule has 0 saturated carbocycles. The van der Waals surface area contributed by atoms with Crippen LogP contribution in [0.15, 0.2) is 0 Å². The molecular weight excluding hydrogens is 142 g/mol. The first kappa shape index (κ1) is 11.8. The molecule has 0 aliphatic heterocycles. The van der Waals surface area contributed by atoms with Crippen molar-refractivity contribution in [2.45, 2.75) is 0 Å². The first-order valence-electron chi connectivity index (χ1n) is 2.24. The summed E-state index contributed by atoms with van der Waals surface area (Å²) in [5.41, 5.74) is 0. The Hall–Kier alpha value is 0.0169.